The van der Waals surface area contributed by atoms with Gasteiger partial charge in [0, 0.05) is 30.1 Å². The third-order valence-electron chi connectivity index (χ3n) is 3.15. The fraction of sp³-hybridized carbons (Fsp3) is 0.909. The van der Waals surface area contributed by atoms with Crippen LogP contribution in [0.2, 0.25) is 0 Å². The maximum Gasteiger partial charge on any atom is 0.227 e. The lowest BCUT2D eigenvalue weighted by atomic mass is 10.1. The molecule has 2 aliphatic heterocycles. The summed E-state index contributed by atoms with van der Waals surface area (Å²) in [4.78, 5) is 14.2. The Balaban J connectivity index is 0.00000128. The fourth-order valence-electron chi connectivity index (χ4n) is 2.33. The predicted octanol–water partition coefficient (Wildman–Crippen LogP) is 1.37. The van der Waals surface area contributed by atoms with Crippen LogP contribution in [0.25, 0.3) is 0 Å². The van der Waals surface area contributed by atoms with Gasteiger partial charge in [-0.25, -0.2) is 0 Å². The molecule has 0 unspecified atom stereocenters. The molecule has 0 aliphatic carbocycles. The second-order valence-electron chi connectivity index (χ2n) is 5.06. The number of amides is 1. The Morgan fingerprint density at radius 3 is 2.81 bits per heavy atom. The van der Waals surface area contributed by atoms with Crippen molar-refractivity contribution in [3.63, 3.8) is 0 Å². The normalized spacial score (nSPS) is 28.6. The molecule has 94 valence electrons. The van der Waals surface area contributed by atoms with Gasteiger partial charge in [-0.15, -0.1) is 12.4 Å². The first-order valence-electron chi connectivity index (χ1n) is 5.72. The summed E-state index contributed by atoms with van der Waals surface area (Å²) >= 11 is 1.97. The minimum absolute atomic E-state index is 0. The molecule has 5 heteroatoms. The number of nitrogens with zero attached hydrogens (tertiary/aromatic N) is 1. The minimum Gasteiger partial charge on any atom is -0.340 e. The fourth-order valence-corrected chi connectivity index (χ4v) is 3.44. The van der Waals surface area contributed by atoms with Gasteiger partial charge in [-0.05, 0) is 26.8 Å². The van der Waals surface area contributed by atoms with Crippen molar-refractivity contribution >= 4 is 30.1 Å². The van der Waals surface area contributed by atoms with Crippen molar-refractivity contribution in [1.82, 2.24) is 10.2 Å². The van der Waals surface area contributed by atoms with E-state index in [0.717, 1.165) is 38.4 Å². The molecule has 1 amide bonds. The van der Waals surface area contributed by atoms with Crippen LogP contribution < -0.4 is 5.32 Å². The van der Waals surface area contributed by atoms with Crippen LogP contribution in [-0.2, 0) is 4.79 Å². The maximum atomic E-state index is 12.2. The molecule has 2 rings (SSSR count). The van der Waals surface area contributed by atoms with Gasteiger partial charge in [0.1, 0.15) is 0 Å². The molecule has 0 aromatic rings. The summed E-state index contributed by atoms with van der Waals surface area (Å²) in [6, 6.07) is 0. The van der Waals surface area contributed by atoms with Crippen LogP contribution in [0.5, 0.6) is 0 Å². The first-order chi connectivity index (χ1) is 7.08. The van der Waals surface area contributed by atoms with Crippen molar-refractivity contribution in [2.24, 2.45) is 5.92 Å². The molecule has 2 aliphatic rings. The summed E-state index contributed by atoms with van der Waals surface area (Å²) in [6.45, 7) is 8.18. The smallest absolute Gasteiger partial charge is 0.227 e. The molecule has 1 N–H and O–H groups in total. The Hall–Kier alpha value is 0.0700. The average Bonchev–Trinajstić information content (AvgIpc) is 2.67. The van der Waals surface area contributed by atoms with Gasteiger partial charge in [0.15, 0.2) is 0 Å². The Morgan fingerprint density at radius 2 is 2.25 bits per heavy atom. The predicted molar refractivity (Wildman–Crippen MR) is 71.3 cm³/mol. The molecule has 1 atom stereocenters. The quantitative estimate of drug-likeness (QED) is 0.777. The highest BCUT2D eigenvalue weighted by Gasteiger charge is 2.33. The largest absolute Gasteiger partial charge is 0.340 e. The summed E-state index contributed by atoms with van der Waals surface area (Å²) in [5.41, 5.74) is 0. The van der Waals surface area contributed by atoms with Crippen LogP contribution in [0.1, 0.15) is 20.3 Å². The molecule has 2 saturated heterocycles. The number of nitrogens with one attached hydrogen (secondary N) is 1. The van der Waals surface area contributed by atoms with Crippen molar-refractivity contribution in [2.75, 3.05) is 31.9 Å². The van der Waals surface area contributed by atoms with Gasteiger partial charge in [0.05, 0.1) is 5.92 Å². The van der Waals surface area contributed by atoms with Crippen LogP contribution in [-0.4, -0.2) is 47.5 Å². The van der Waals surface area contributed by atoms with E-state index >= 15 is 0 Å². The third kappa shape index (κ3) is 3.28. The van der Waals surface area contributed by atoms with Crippen LogP contribution >= 0.6 is 24.2 Å². The summed E-state index contributed by atoms with van der Waals surface area (Å²) in [5.74, 6) is 1.69. The van der Waals surface area contributed by atoms with Gasteiger partial charge < -0.3 is 10.2 Å². The Bertz CT molecular complexity index is 254. The zero-order valence-corrected chi connectivity index (χ0v) is 11.6. The van der Waals surface area contributed by atoms with E-state index in [1.165, 1.54) is 0 Å². The molecule has 0 spiro atoms. The zero-order chi connectivity index (χ0) is 10.9. The summed E-state index contributed by atoms with van der Waals surface area (Å²) in [5, 5.41) is 3.26. The van der Waals surface area contributed by atoms with E-state index in [2.05, 4.69) is 24.1 Å². The molecule has 3 nitrogen and oxygen atoms in total. The average molecular weight is 265 g/mol. The van der Waals surface area contributed by atoms with Crippen molar-refractivity contribution in [3.8, 4) is 0 Å². The molecule has 0 aromatic carbocycles. The summed E-state index contributed by atoms with van der Waals surface area (Å²) in [6.07, 6.45) is 1.02. The SMILES string of the molecule is CC1(C)CN(C(=O)[C@@H]2CCNC2)CCS1.Cl. The minimum atomic E-state index is 0. The Labute approximate surface area is 108 Å². The molecule has 0 aromatic heterocycles. The second kappa shape index (κ2) is 5.61. The van der Waals surface area contributed by atoms with Gasteiger partial charge in [-0.2, -0.15) is 11.8 Å². The topological polar surface area (TPSA) is 32.3 Å². The number of thioether (sulfide) groups is 1. The maximum absolute atomic E-state index is 12.2. The number of carbonyl (C=O) groups is 1. The zero-order valence-electron chi connectivity index (χ0n) is 9.99. The van der Waals surface area contributed by atoms with Crippen molar-refractivity contribution in [3.05, 3.63) is 0 Å². The lowest BCUT2D eigenvalue weighted by Crippen LogP contribution is -2.48. The highest BCUT2D eigenvalue weighted by Crippen LogP contribution is 2.30. The summed E-state index contributed by atoms with van der Waals surface area (Å²) in [7, 11) is 0. The monoisotopic (exact) mass is 264 g/mol. The highest BCUT2D eigenvalue weighted by molar-refractivity contribution is 8.00. The van der Waals surface area contributed by atoms with Crippen LogP contribution in [0, 0.1) is 5.92 Å². The third-order valence-corrected chi connectivity index (χ3v) is 4.44. The van der Waals surface area contributed by atoms with Gasteiger partial charge in [0.2, 0.25) is 5.91 Å². The van der Waals surface area contributed by atoms with E-state index in [1.807, 2.05) is 11.8 Å². The van der Waals surface area contributed by atoms with Gasteiger partial charge in [0.25, 0.3) is 0 Å². The van der Waals surface area contributed by atoms with E-state index in [1.54, 1.807) is 0 Å². The van der Waals surface area contributed by atoms with E-state index < -0.39 is 0 Å². The first kappa shape index (κ1) is 14.1. The number of hydrogen-bond acceptors (Lipinski definition) is 3. The van der Waals surface area contributed by atoms with Crippen molar-refractivity contribution < 1.29 is 4.79 Å². The number of hydrogen-bond donors (Lipinski definition) is 1. The van der Waals surface area contributed by atoms with Gasteiger partial charge >= 0.3 is 0 Å². The Morgan fingerprint density at radius 1 is 1.50 bits per heavy atom. The molecule has 2 fully saturated rings. The number of halogens is 1. The second-order valence-corrected chi connectivity index (χ2v) is 6.86. The van der Waals surface area contributed by atoms with Crippen molar-refractivity contribution in [1.29, 1.82) is 0 Å². The number of carbonyl (C=O) groups excluding carboxylic acids is 1. The van der Waals surface area contributed by atoms with Crippen LogP contribution in [0.4, 0.5) is 0 Å². The molecule has 0 radical (unpaired) electrons. The van der Waals surface area contributed by atoms with E-state index in [9.17, 15) is 4.79 Å². The number of rotatable bonds is 1. The van der Waals surface area contributed by atoms with E-state index in [4.69, 9.17) is 0 Å². The molecule has 0 bridgehead atoms. The summed E-state index contributed by atoms with van der Waals surface area (Å²) < 4.78 is 0.236. The molecule has 16 heavy (non-hydrogen) atoms. The van der Waals surface area contributed by atoms with Gasteiger partial charge in [-0.1, -0.05) is 0 Å². The first-order valence-corrected chi connectivity index (χ1v) is 6.70. The van der Waals surface area contributed by atoms with Crippen LogP contribution in [0.15, 0.2) is 0 Å². The molecular formula is C11H21ClN2OS. The Kier molecular flexibility index (Phi) is 4.95. The molecule has 2 heterocycles. The molecular weight excluding hydrogens is 244 g/mol. The van der Waals surface area contributed by atoms with E-state index in [0.29, 0.717) is 5.91 Å². The van der Waals surface area contributed by atoms with Crippen LogP contribution in [0.3, 0.4) is 0 Å². The standard InChI is InChI=1S/C11H20N2OS.ClH/c1-11(2)8-13(5-6-15-11)10(14)9-3-4-12-7-9;/h9,12H,3-8H2,1-2H3;1H/t9-;/m1./s1. The van der Waals surface area contributed by atoms with Crippen molar-refractivity contribution in [2.45, 2.75) is 25.0 Å². The van der Waals surface area contributed by atoms with E-state index in [-0.39, 0.29) is 23.1 Å². The van der Waals surface area contributed by atoms with Gasteiger partial charge in [-0.3, -0.25) is 4.79 Å². The lowest BCUT2D eigenvalue weighted by Gasteiger charge is -2.38. The lowest BCUT2D eigenvalue weighted by molar-refractivity contribution is -0.135. The molecule has 0 saturated carbocycles. The highest BCUT2D eigenvalue weighted by atomic mass is 35.5.